The van der Waals surface area contributed by atoms with Gasteiger partial charge in [0.2, 0.25) is 0 Å². The van der Waals surface area contributed by atoms with Gasteiger partial charge in [-0.25, -0.2) is 0 Å². The standard InChI is InChI=1S/C15H24O3/c1-3-9-8-4-12-10(9)5-11(14(17)18)13(7-16)15(12,2)6-8/h8-13,16H,3-7H2,1-2H3,(H,17,18). The molecular formula is C15H24O3. The minimum atomic E-state index is -0.695. The van der Waals surface area contributed by atoms with Crippen LogP contribution in [0.15, 0.2) is 0 Å². The van der Waals surface area contributed by atoms with Gasteiger partial charge >= 0.3 is 5.97 Å². The molecule has 2 bridgehead atoms. The molecule has 0 amide bonds. The van der Waals surface area contributed by atoms with Crippen LogP contribution in [0.2, 0.25) is 0 Å². The third-order valence-electron chi connectivity index (χ3n) is 6.62. The predicted molar refractivity (Wildman–Crippen MR) is 67.9 cm³/mol. The maximum Gasteiger partial charge on any atom is 0.306 e. The van der Waals surface area contributed by atoms with Crippen LogP contribution in [-0.4, -0.2) is 22.8 Å². The lowest BCUT2D eigenvalue weighted by Gasteiger charge is -2.53. The lowest BCUT2D eigenvalue weighted by atomic mass is 9.51. The Balaban J connectivity index is 1.96. The van der Waals surface area contributed by atoms with Crippen molar-refractivity contribution in [2.45, 2.75) is 39.5 Å². The first-order valence-corrected chi connectivity index (χ1v) is 7.36. The fourth-order valence-electron chi connectivity index (χ4n) is 5.96. The summed E-state index contributed by atoms with van der Waals surface area (Å²) >= 11 is 0. The first kappa shape index (κ1) is 12.5. The molecule has 2 N–H and O–H groups in total. The van der Waals surface area contributed by atoms with Crippen LogP contribution in [0.1, 0.15) is 39.5 Å². The van der Waals surface area contributed by atoms with Gasteiger partial charge in [0, 0.05) is 12.5 Å². The predicted octanol–water partition coefficient (Wildman–Crippen LogP) is 2.39. The summed E-state index contributed by atoms with van der Waals surface area (Å²) in [5, 5.41) is 19.1. The van der Waals surface area contributed by atoms with Crippen LogP contribution < -0.4 is 0 Å². The molecule has 0 saturated heterocycles. The van der Waals surface area contributed by atoms with Crippen molar-refractivity contribution in [2.24, 2.45) is 40.9 Å². The fourth-order valence-corrected chi connectivity index (χ4v) is 5.96. The molecule has 18 heavy (non-hydrogen) atoms. The van der Waals surface area contributed by atoms with Gasteiger partial charge in [-0.2, -0.15) is 0 Å². The van der Waals surface area contributed by atoms with Crippen molar-refractivity contribution in [2.75, 3.05) is 6.61 Å². The molecule has 3 rings (SSSR count). The largest absolute Gasteiger partial charge is 0.481 e. The van der Waals surface area contributed by atoms with Crippen molar-refractivity contribution in [3.05, 3.63) is 0 Å². The highest BCUT2D eigenvalue weighted by atomic mass is 16.4. The number of aliphatic hydroxyl groups excluding tert-OH is 1. The first-order chi connectivity index (χ1) is 8.52. The number of carboxylic acids is 1. The first-order valence-electron chi connectivity index (χ1n) is 7.36. The molecule has 3 fully saturated rings. The smallest absolute Gasteiger partial charge is 0.306 e. The number of aliphatic carboxylic acids is 1. The average molecular weight is 252 g/mol. The second-order valence-corrected chi connectivity index (χ2v) is 7.02. The molecule has 7 atom stereocenters. The summed E-state index contributed by atoms with van der Waals surface area (Å²) in [6.45, 7) is 4.53. The molecule has 102 valence electrons. The number of aliphatic hydroxyl groups is 1. The van der Waals surface area contributed by atoms with Gasteiger partial charge in [-0.1, -0.05) is 20.3 Å². The van der Waals surface area contributed by atoms with E-state index in [9.17, 15) is 15.0 Å². The van der Waals surface area contributed by atoms with Crippen LogP contribution in [0.4, 0.5) is 0 Å². The topological polar surface area (TPSA) is 57.5 Å². The minimum absolute atomic E-state index is 0.0287. The van der Waals surface area contributed by atoms with Gasteiger partial charge < -0.3 is 10.2 Å². The molecule has 0 aromatic carbocycles. The molecule has 3 aliphatic rings. The van der Waals surface area contributed by atoms with Gasteiger partial charge in [0.15, 0.2) is 0 Å². The van der Waals surface area contributed by atoms with Crippen molar-refractivity contribution >= 4 is 5.97 Å². The number of rotatable bonds is 3. The van der Waals surface area contributed by atoms with Gasteiger partial charge in [-0.05, 0) is 48.3 Å². The number of fused-ring (bicyclic) bond motifs is 1. The van der Waals surface area contributed by atoms with E-state index in [4.69, 9.17) is 0 Å². The highest BCUT2D eigenvalue weighted by molar-refractivity contribution is 5.71. The highest BCUT2D eigenvalue weighted by Gasteiger charge is 2.64. The van der Waals surface area contributed by atoms with Gasteiger partial charge in [0.1, 0.15) is 0 Å². The summed E-state index contributed by atoms with van der Waals surface area (Å²) in [5.74, 6) is 1.75. The molecule has 7 unspecified atom stereocenters. The van der Waals surface area contributed by atoms with E-state index in [1.54, 1.807) is 0 Å². The Labute approximate surface area is 109 Å². The van der Waals surface area contributed by atoms with Gasteiger partial charge in [-0.15, -0.1) is 0 Å². The molecule has 3 saturated carbocycles. The van der Waals surface area contributed by atoms with E-state index in [1.807, 2.05) is 0 Å². The molecule has 0 radical (unpaired) electrons. The normalized spacial score (nSPS) is 53.7. The Morgan fingerprint density at radius 1 is 1.39 bits per heavy atom. The van der Waals surface area contributed by atoms with E-state index in [0.717, 1.165) is 24.7 Å². The monoisotopic (exact) mass is 252 g/mol. The van der Waals surface area contributed by atoms with Crippen molar-refractivity contribution < 1.29 is 15.0 Å². The van der Waals surface area contributed by atoms with Crippen LogP contribution in [0.3, 0.4) is 0 Å². The van der Waals surface area contributed by atoms with Crippen molar-refractivity contribution in [3.8, 4) is 0 Å². The number of hydrogen-bond acceptors (Lipinski definition) is 2. The molecule has 0 heterocycles. The number of carbonyl (C=O) groups is 1. The fraction of sp³-hybridized carbons (Fsp3) is 0.933. The zero-order chi connectivity index (χ0) is 13.1. The van der Waals surface area contributed by atoms with Gasteiger partial charge in [0.05, 0.1) is 5.92 Å². The lowest BCUT2D eigenvalue weighted by molar-refractivity contribution is -0.158. The van der Waals surface area contributed by atoms with Crippen LogP contribution in [0, 0.1) is 40.9 Å². The second-order valence-electron chi connectivity index (χ2n) is 7.02. The van der Waals surface area contributed by atoms with Crippen LogP contribution in [0.25, 0.3) is 0 Å². The molecular weight excluding hydrogens is 228 g/mol. The van der Waals surface area contributed by atoms with E-state index in [0.29, 0.717) is 11.8 Å². The highest BCUT2D eigenvalue weighted by Crippen LogP contribution is 2.69. The van der Waals surface area contributed by atoms with E-state index >= 15 is 0 Å². The Bertz CT molecular complexity index is 367. The molecule has 3 nitrogen and oxygen atoms in total. The van der Waals surface area contributed by atoms with E-state index < -0.39 is 5.97 Å². The maximum absolute atomic E-state index is 11.5. The Kier molecular flexibility index (Phi) is 2.74. The van der Waals surface area contributed by atoms with Crippen molar-refractivity contribution in [1.29, 1.82) is 0 Å². The van der Waals surface area contributed by atoms with Crippen LogP contribution >= 0.6 is 0 Å². The summed E-state index contributed by atoms with van der Waals surface area (Å²) in [6.07, 6.45) is 4.41. The quantitative estimate of drug-likeness (QED) is 0.811. The lowest BCUT2D eigenvalue weighted by Crippen LogP contribution is -2.52. The average Bonchev–Trinajstić information content (AvgIpc) is 2.82. The number of carboxylic acid groups (broad SMARTS) is 1. The third kappa shape index (κ3) is 1.37. The van der Waals surface area contributed by atoms with E-state index in [-0.39, 0.29) is 23.9 Å². The SMILES string of the molecule is CCC1C2CC3C1CC(C(=O)O)C(CO)C3(C)C2. The third-order valence-corrected chi connectivity index (χ3v) is 6.62. The van der Waals surface area contributed by atoms with E-state index in [2.05, 4.69) is 13.8 Å². The zero-order valence-electron chi connectivity index (χ0n) is 11.3. The Morgan fingerprint density at radius 3 is 2.67 bits per heavy atom. The number of hydrogen-bond donors (Lipinski definition) is 2. The van der Waals surface area contributed by atoms with Crippen molar-refractivity contribution in [3.63, 3.8) is 0 Å². The summed E-state index contributed by atoms with van der Waals surface area (Å²) in [6, 6.07) is 0. The van der Waals surface area contributed by atoms with Crippen LogP contribution in [-0.2, 0) is 4.79 Å². The summed E-state index contributed by atoms with van der Waals surface area (Å²) in [7, 11) is 0. The van der Waals surface area contributed by atoms with Crippen molar-refractivity contribution in [1.82, 2.24) is 0 Å². The molecule has 3 heteroatoms. The summed E-state index contributed by atoms with van der Waals surface area (Å²) in [4.78, 5) is 11.5. The molecule has 0 aromatic heterocycles. The van der Waals surface area contributed by atoms with Gasteiger partial charge in [-0.3, -0.25) is 4.79 Å². The molecule has 0 aromatic rings. The molecule has 0 spiro atoms. The molecule has 3 aliphatic carbocycles. The van der Waals surface area contributed by atoms with Crippen LogP contribution in [0.5, 0.6) is 0 Å². The summed E-state index contributed by atoms with van der Waals surface area (Å²) < 4.78 is 0. The van der Waals surface area contributed by atoms with Gasteiger partial charge in [0.25, 0.3) is 0 Å². The second kappa shape index (κ2) is 3.96. The summed E-state index contributed by atoms with van der Waals surface area (Å²) in [5.41, 5.74) is 0.0804. The van der Waals surface area contributed by atoms with E-state index in [1.165, 1.54) is 12.8 Å². The maximum atomic E-state index is 11.5. The molecule has 0 aliphatic heterocycles. The zero-order valence-corrected chi connectivity index (χ0v) is 11.3. The minimum Gasteiger partial charge on any atom is -0.481 e. The Hall–Kier alpha value is -0.570. The Morgan fingerprint density at radius 2 is 2.11 bits per heavy atom.